The Labute approximate surface area is 130 Å². The third-order valence-corrected chi connectivity index (χ3v) is 2.84. The SMILES string of the molecule is C#CCOc1ccccc1CNCc1ccc(F)cc1.Cl. The third kappa shape index (κ3) is 5.47. The van der Waals surface area contributed by atoms with Crippen molar-refractivity contribution in [2.75, 3.05) is 6.61 Å². The Balaban J connectivity index is 0.00000220. The van der Waals surface area contributed by atoms with Crippen LogP contribution in [0.15, 0.2) is 48.5 Å². The summed E-state index contributed by atoms with van der Waals surface area (Å²) in [5.74, 6) is 3.02. The first-order valence-corrected chi connectivity index (χ1v) is 6.39. The third-order valence-electron chi connectivity index (χ3n) is 2.84. The second-order valence-electron chi connectivity index (χ2n) is 4.33. The Hall–Kier alpha value is -2.02. The normalized spacial score (nSPS) is 9.52. The fraction of sp³-hybridized carbons (Fsp3) is 0.176. The monoisotopic (exact) mass is 305 g/mol. The zero-order valence-electron chi connectivity index (χ0n) is 11.5. The number of ether oxygens (including phenoxy) is 1. The molecule has 0 fully saturated rings. The van der Waals surface area contributed by atoms with Gasteiger partial charge in [-0.05, 0) is 23.8 Å². The van der Waals surface area contributed by atoms with Crippen LogP contribution in [0.2, 0.25) is 0 Å². The van der Waals surface area contributed by atoms with Crippen molar-refractivity contribution in [3.05, 3.63) is 65.5 Å². The Bertz CT molecular complexity index is 592. The second kappa shape index (κ2) is 9.02. The molecule has 0 aliphatic heterocycles. The van der Waals surface area contributed by atoms with Crippen LogP contribution in [-0.2, 0) is 13.1 Å². The van der Waals surface area contributed by atoms with E-state index in [0.29, 0.717) is 13.1 Å². The number of hydrogen-bond acceptors (Lipinski definition) is 2. The molecule has 0 spiro atoms. The summed E-state index contributed by atoms with van der Waals surface area (Å²) in [7, 11) is 0. The summed E-state index contributed by atoms with van der Waals surface area (Å²) in [6.07, 6.45) is 5.19. The van der Waals surface area contributed by atoms with Crippen LogP contribution in [0.4, 0.5) is 4.39 Å². The van der Waals surface area contributed by atoms with E-state index in [2.05, 4.69) is 11.2 Å². The van der Waals surface area contributed by atoms with Gasteiger partial charge in [0.1, 0.15) is 18.2 Å². The van der Waals surface area contributed by atoms with Gasteiger partial charge in [-0.25, -0.2) is 4.39 Å². The summed E-state index contributed by atoms with van der Waals surface area (Å²) in [6, 6.07) is 14.2. The minimum Gasteiger partial charge on any atom is -0.481 e. The van der Waals surface area contributed by atoms with Crippen LogP contribution in [0, 0.1) is 18.2 Å². The smallest absolute Gasteiger partial charge is 0.148 e. The van der Waals surface area contributed by atoms with Gasteiger partial charge in [-0.1, -0.05) is 36.3 Å². The number of hydrogen-bond donors (Lipinski definition) is 1. The molecule has 4 heteroatoms. The van der Waals surface area contributed by atoms with Crippen LogP contribution < -0.4 is 10.1 Å². The van der Waals surface area contributed by atoms with E-state index in [1.165, 1.54) is 12.1 Å². The van der Waals surface area contributed by atoms with Gasteiger partial charge in [0.05, 0.1) is 0 Å². The van der Waals surface area contributed by atoms with E-state index in [4.69, 9.17) is 11.2 Å². The van der Waals surface area contributed by atoms with Crippen molar-refractivity contribution in [3.8, 4) is 18.1 Å². The van der Waals surface area contributed by atoms with Gasteiger partial charge < -0.3 is 10.1 Å². The van der Waals surface area contributed by atoms with Crippen molar-refractivity contribution in [2.45, 2.75) is 13.1 Å². The van der Waals surface area contributed by atoms with Gasteiger partial charge in [-0.3, -0.25) is 0 Å². The van der Waals surface area contributed by atoms with Crippen molar-refractivity contribution in [1.82, 2.24) is 5.32 Å². The highest BCUT2D eigenvalue weighted by Crippen LogP contribution is 2.17. The molecule has 0 aliphatic carbocycles. The largest absolute Gasteiger partial charge is 0.481 e. The lowest BCUT2D eigenvalue weighted by molar-refractivity contribution is 0.365. The van der Waals surface area contributed by atoms with Crippen LogP contribution in [0.1, 0.15) is 11.1 Å². The molecule has 2 aromatic rings. The van der Waals surface area contributed by atoms with Gasteiger partial charge >= 0.3 is 0 Å². The van der Waals surface area contributed by atoms with E-state index in [1.54, 1.807) is 12.1 Å². The highest BCUT2D eigenvalue weighted by atomic mass is 35.5. The van der Waals surface area contributed by atoms with Crippen molar-refractivity contribution in [3.63, 3.8) is 0 Å². The molecule has 0 bridgehead atoms. The van der Waals surface area contributed by atoms with E-state index >= 15 is 0 Å². The highest BCUT2D eigenvalue weighted by molar-refractivity contribution is 5.85. The number of terminal acetylenes is 1. The number of rotatable bonds is 6. The van der Waals surface area contributed by atoms with Gasteiger partial charge in [-0.15, -0.1) is 18.8 Å². The standard InChI is InChI=1S/C17H16FNO.ClH/c1-2-11-20-17-6-4-3-5-15(17)13-19-12-14-7-9-16(18)10-8-14;/h1,3-10,19H,11-13H2;1H. The summed E-state index contributed by atoms with van der Waals surface area (Å²) in [5, 5.41) is 3.30. The molecule has 1 N–H and O–H groups in total. The fourth-order valence-electron chi connectivity index (χ4n) is 1.85. The lowest BCUT2D eigenvalue weighted by atomic mass is 10.2. The fourth-order valence-corrected chi connectivity index (χ4v) is 1.85. The molecule has 0 unspecified atom stereocenters. The number of halogens is 2. The Morgan fingerprint density at radius 3 is 2.48 bits per heavy atom. The van der Waals surface area contributed by atoms with Crippen molar-refractivity contribution in [1.29, 1.82) is 0 Å². The molecular weight excluding hydrogens is 289 g/mol. The summed E-state index contributed by atoms with van der Waals surface area (Å²) < 4.78 is 18.3. The predicted octanol–water partition coefficient (Wildman–Crippen LogP) is 3.55. The maximum Gasteiger partial charge on any atom is 0.148 e. The molecule has 0 heterocycles. The van der Waals surface area contributed by atoms with Gasteiger partial charge in [0.15, 0.2) is 0 Å². The van der Waals surface area contributed by atoms with Crippen LogP contribution in [0.3, 0.4) is 0 Å². The van der Waals surface area contributed by atoms with Crippen molar-refractivity contribution in [2.24, 2.45) is 0 Å². The molecule has 110 valence electrons. The summed E-state index contributed by atoms with van der Waals surface area (Å²) in [4.78, 5) is 0. The summed E-state index contributed by atoms with van der Waals surface area (Å²) >= 11 is 0. The lowest BCUT2D eigenvalue weighted by Gasteiger charge is -2.10. The topological polar surface area (TPSA) is 21.3 Å². The zero-order chi connectivity index (χ0) is 14.2. The maximum atomic E-state index is 12.8. The van der Waals surface area contributed by atoms with E-state index < -0.39 is 0 Å². The molecule has 2 rings (SSSR count). The minimum absolute atomic E-state index is 0. The number of benzene rings is 2. The number of nitrogens with one attached hydrogen (secondary N) is 1. The Kier molecular flexibility index (Phi) is 7.31. The molecule has 0 saturated heterocycles. The average molecular weight is 306 g/mol. The minimum atomic E-state index is -0.221. The molecule has 0 radical (unpaired) electrons. The van der Waals surface area contributed by atoms with Crippen LogP contribution in [0.5, 0.6) is 5.75 Å². The van der Waals surface area contributed by atoms with E-state index in [9.17, 15) is 4.39 Å². The second-order valence-corrected chi connectivity index (χ2v) is 4.33. The van der Waals surface area contributed by atoms with Crippen molar-refractivity contribution < 1.29 is 9.13 Å². The predicted molar refractivity (Wildman–Crippen MR) is 85.0 cm³/mol. The highest BCUT2D eigenvalue weighted by Gasteiger charge is 2.02. The Morgan fingerprint density at radius 1 is 1.05 bits per heavy atom. The van der Waals surface area contributed by atoms with E-state index in [-0.39, 0.29) is 24.8 Å². The van der Waals surface area contributed by atoms with Gasteiger partial charge in [0, 0.05) is 18.7 Å². The van der Waals surface area contributed by atoms with Crippen LogP contribution in [0.25, 0.3) is 0 Å². The summed E-state index contributed by atoms with van der Waals surface area (Å²) in [5.41, 5.74) is 2.08. The molecule has 0 aliphatic rings. The van der Waals surface area contributed by atoms with E-state index in [0.717, 1.165) is 16.9 Å². The zero-order valence-corrected chi connectivity index (χ0v) is 12.3. The molecular formula is C17H17ClFNO. The molecule has 0 saturated carbocycles. The molecule has 0 amide bonds. The molecule has 0 aromatic heterocycles. The first kappa shape index (κ1) is 17.0. The van der Waals surface area contributed by atoms with E-state index in [1.807, 2.05) is 24.3 Å². The summed E-state index contributed by atoms with van der Waals surface area (Å²) in [6.45, 7) is 1.59. The number of para-hydroxylation sites is 1. The molecule has 21 heavy (non-hydrogen) atoms. The molecule has 2 aromatic carbocycles. The average Bonchev–Trinajstić information content (AvgIpc) is 2.48. The molecule has 2 nitrogen and oxygen atoms in total. The van der Waals surface area contributed by atoms with Gasteiger partial charge in [0.2, 0.25) is 0 Å². The van der Waals surface area contributed by atoms with Gasteiger partial charge in [-0.2, -0.15) is 0 Å². The Morgan fingerprint density at radius 2 is 1.76 bits per heavy atom. The molecule has 0 atom stereocenters. The van der Waals surface area contributed by atoms with Crippen LogP contribution in [-0.4, -0.2) is 6.61 Å². The van der Waals surface area contributed by atoms with Crippen molar-refractivity contribution >= 4 is 12.4 Å². The maximum absolute atomic E-state index is 12.8. The lowest BCUT2D eigenvalue weighted by Crippen LogP contribution is -2.13. The first-order chi connectivity index (χ1) is 9.79. The van der Waals surface area contributed by atoms with Gasteiger partial charge in [0.25, 0.3) is 0 Å². The quantitative estimate of drug-likeness (QED) is 0.824. The first-order valence-electron chi connectivity index (χ1n) is 6.39. The van der Waals surface area contributed by atoms with Crippen LogP contribution >= 0.6 is 12.4 Å².